The zero-order valence-electron chi connectivity index (χ0n) is 7.27. The maximum Gasteiger partial charge on any atom is 0.307 e. The molecule has 0 aromatic rings. The van der Waals surface area contributed by atoms with Gasteiger partial charge in [0.05, 0.1) is 5.92 Å². The SMILES string of the molecule is O=C1CC[C@H]2C1C=CC[C@H]2C(=O)O. The van der Waals surface area contributed by atoms with Crippen molar-refractivity contribution in [3.8, 4) is 0 Å². The van der Waals surface area contributed by atoms with E-state index < -0.39 is 5.97 Å². The molecule has 13 heavy (non-hydrogen) atoms. The fourth-order valence-corrected chi connectivity index (χ4v) is 2.43. The summed E-state index contributed by atoms with van der Waals surface area (Å²) in [5.41, 5.74) is 0. The van der Waals surface area contributed by atoms with E-state index in [1.807, 2.05) is 12.2 Å². The lowest BCUT2D eigenvalue weighted by Crippen LogP contribution is -2.29. The zero-order valence-corrected chi connectivity index (χ0v) is 7.27. The molecule has 0 heterocycles. The summed E-state index contributed by atoms with van der Waals surface area (Å²) in [5, 5.41) is 8.93. The molecular weight excluding hydrogens is 168 g/mol. The number of fused-ring (bicyclic) bond motifs is 1. The molecule has 2 aliphatic rings. The van der Waals surface area contributed by atoms with E-state index in [0.717, 1.165) is 6.42 Å². The van der Waals surface area contributed by atoms with Crippen molar-refractivity contribution < 1.29 is 14.7 Å². The molecule has 0 aromatic carbocycles. The van der Waals surface area contributed by atoms with Crippen LogP contribution in [0.2, 0.25) is 0 Å². The molecule has 0 spiro atoms. The maximum atomic E-state index is 11.3. The third-order valence-electron chi connectivity index (χ3n) is 3.12. The molecule has 0 aromatic heterocycles. The first-order valence-electron chi connectivity index (χ1n) is 4.62. The quantitative estimate of drug-likeness (QED) is 0.618. The minimum absolute atomic E-state index is 0.0648. The predicted octanol–water partition coefficient (Wildman–Crippen LogP) is 1.24. The van der Waals surface area contributed by atoms with Gasteiger partial charge in [0.1, 0.15) is 5.78 Å². The largest absolute Gasteiger partial charge is 0.481 e. The van der Waals surface area contributed by atoms with Gasteiger partial charge in [-0.1, -0.05) is 12.2 Å². The molecule has 1 fully saturated rings. The van der Waals surface area contributed by atoms with Crippen LogP contribution in [0, 0.1) is 17.8 Å². The Morgan fingerprint density at radius 2 is 2.31 bits per heavy atom. The molecule has 0 radical (unpaired) electrons. The summed E-state index contributed by atoms with van der Waals surface area (Å²) in [5.74, 6) is -0.910. The van der Waals surface area contributed by atoms with Crippen LogP contribution in [0.5, 0.6) is 0 Å². The van der Waals surface area contributed by atoms with Crippen molar-refractivity contribution in [1.29, 1.82) is 0 Å². The molecule has 2 aliphatic carbocycles. The fraction of sp³-hybridized carbons (Fsp3) is 0.600. The van der Waals surface area contributed by atoms with Crippen LogP contribution in [0.3, 0.4) is 0 Å². The molecule has 3 heteroatoms. The minimum Gasteiger partial charge on any atom is -0.481 e. The van der Waals surface area contributed by atoms with Gasteiger partial charge in [-0.2, -0.15) is 0 Å². The van der Waals surface area contributed by atoms with Crippen LogP contribution in [0.4, 0.5) is 0 Å². The van der Waals surface area contributed by atoms with Crippen LogP contribution in [0.15, 0.2) is 12.2 Å². The second-order valence-corrected chi connectivity index (χ2v) is 3.80. The van der Waals surface area contributed by atoms with Gasteiger partial charge in [-0.05, 0) is 18.8 Å². The number of carboxylic acid groups (broad SMARTS) is 1. The van der Waals surface area contributed by atoms with Crippen molar-refractivity contribution in [2.24, 2.45) is 17.8 Å². The van der Waals surface area contributed by atoms with Crippen molar-refractivity contribution in [3.63, 3.8) is 0 Å². The van der Waals surface area contributed by atoms with Crippen LogP contribution in [0.25, 0.3) is 0 Å². The predicted molar refractivity (Wildman–Crippen MR) is 46.1 cm³/mol. The van der Waals surface area contributed by atoms with Crippen LogP contribution in [0.1, 0.15) is 19.3 Å². The number of aliphatic carboxylic acids is 1. The van der Waals surface area contributed by atoms with E-state index in [1.165, 1.54) is 0 Å². The molecule has 0 saturated heterocycles. The van der Waals surface area contributed by atoms with E-state index >= 15 is 0 Å². The van der Waals surface area contributed by atoms with Gasteiger partial charge in [-0.3, -0.25) is 9.59 Å². The third kappa shape index (κ3) is 1.28. The lowest BCUT2D eigenvalue weighted by Gasteiger charge is -2.25. The van der Waals surface area contributed by atoms with Gasteiger partial charge in [-0.15, -0.1) is 0 Å². The molecule has 2 rings (SSSR count). The summed E-state index contributed by atoms with van der Waals surface area (Å²) in [4.78, 5) is 22.2. The first-order valence-corrected chi connectivity index (χ1v) is 4.62. The number of Topliss-reactive ketones (excluding diaryl/α,β-unsaturated/α-hetero) is 1. The highest BCUT2D eigenvalue weighted by molar-refractivity contribution is 5.86. The van der Waals surface area contributed by atoms with Gasteiger partial charge < -0.3 is 5.11 Å². The van der Waals surface area contributed by atoms with E-state index in [4.69, 9.17) is 5.11 Å². The summed E-state index contributed by atoms with van der Waals surface area (Å²) in [6, 6.07) is 0. The molecule has 0 amide bonds. The molecule has 70 valence electrons. The smallest absolute Gasteiger partial charge is 0.307 e. The highest BCUT2D eigenvalue weighted by Crippen LogP contribution is 2.40. The average molecular weight is 180 g/mol. The third-order valence-corrected chi connectivity index (χ3v) is 3.12. The highest BCUT2D eigenvalue weighted by Gasteiger charge is 2.42. The van der Waals surface area contributed by atoms with Gasteiger partial charge in [0.15, 0.2) is 0 Å². The zero-order chi connectivity index (χ0) is 9.42. The summed E-state index contributed by atoms with van der Waals surface area (Å²) >= 11 is 0. The summed E-state index contributed by atoms with van der Waals surface area (Å²) < 4.78 is 0. The number of rotatable bonds is 1. The van der Waals surface area contributed by atoms with Gasteiger partial charge in [0.25, 0.3) is 0 Å². The lowest BCUT2D eigenvalue weighted by molar-refractivity contribution is -0.144. The molecule has 0 aliphatic heterocycles. The van der Waals surface area contributed by atoms with Crippen molar-refractivity contribution in [3.05, 3.63) is 12.2 Å². The second-order valence-electron chi connectivity index (χ2n) is 3.80. The molecule has 1 saturated carbocycles. The molecule has 3 atom stereocenters. The highest BCUT2D eigenvalue weighted by atomic mass is 16.4. The topological polar surface area (TPSA) is 54.4 Å². The van der Waals surface area contributed by atoms with Crippen molar-refractivity contribution in [2.75, 3.05) is 0 Å². The first kappa shape index (κ1) is 8.48. The van der Waals surface area contributed by atoms with Gasteiger partial charge in [-0.25, -0.2) is 0 Å². The summed E-state index contributed by atoms with van der Waals surface area (Å²) in [7, 11) is 0. The number of carbonyl (C=O) groups is 2. The number of hydrogen-bond acceptors (Lipinski definition) is 2. The Kier molecular flexibility index (Phi) is 1.94. The second kappa shape index (κ2) is 2.98. The number of hydrogen-bond donors (Lipinski definition) is 1. The van der Waals surface area contributed by atoms with Gasteiger partial charge >= 0.3 is 5.97 Å². The Morgan fingerprint density at radius 3 is 3.00 bits per heavy atom. The Bertz CT molecular complexity index is 280. The lowest BCUT2D eigenvalue weighted by atomic mass is 9.78. The standard InChI is InChI=1S/C10H12O3/c11-9-5-4-6-7(9)2-1-3-8(6)10(12)13/h1-2,6-8H,3-5H2,(H,12,13)/t6-,7?,8+/m0/s1. The number of carboxylic acids is 1. The van der Waals surface area contributed by atoms with Crippen molar-refractivity contribution in [1.82, 2.24) is 0 Å². The molecule has 3 nitrogen and oxygen atoms in total. The van der Waals surface area contributed by atoms with E-state index in [0.29, 0.717) is 12.8 Å². The first-order chi connectivity index (χ1) is 6.20. The number of allylic oxidation sites excluding steroid dienone is 2. The van der Waals surface area contributed by atoms with Crippen LogP contribution in [-0.2, 0) is 9.59 Å². The van der Waals surface area contributed by atoms with E-state index in [2.05, 4.69) is 0 Å². The minimum atomic E-state index is -0.756. The number of ketones is 1. The van der Waals surface area contributed by atoms with Gasteiger partial charge in [0.2, 0.25) is 0 Å². The van der Waals surface area contributed by atoms with E-state index in [9.17, 15) is 9.59 Å². The fourth-order valence-electron chi connectivity index (χ4n) is 2.43. The Balaban J connectivity index is 2.24. The Labute approximate surface area is 76.4 Å². The average Bonchev–Trinajstić information content (AvgIpc) is 2.48. The maximum absolute atomic E-state index is 11.3. The van der Waals surface area contributed by atoms with Crippen LogP contribution < -0.4 is 0 Å². The van der Waals surface area contributed by atoms with Crippen molar-refractivity contribution >= 4 is 11.8 Å². The molecule has 1 N–H and O–H groups in total. The van der Waals surface area contributed by atoms with Crippen LogP contribution in [-0.4, -0.2) is 16.9 Å². The molecule has 0 bridgehead atoms. The Morgan fingerprint density at radius 1 is 1.54 bits per heavy atom. The van der Waals surface area contributed by atoms with E-state index in [1.54, 1.807) is 0 Å². The van der Waals surface area contributed by atoms with Crippen LogP contribution >= 0.6 is 0 Å². The summed E-state index contributed by atoms with van der Waals surface area (Å²) in [6.07, 6.45) is 5.63. The summed E-state index contributed by atoms with van der Waals surface area (Å²) in [6.45, 7) is 0. The normalized spacial score (nSPS) is 37.5. The molecular formula is C10H12O3. The monoisotopic (exact) mass is 180 g/mol. The van der Waals surface area contributed by atoms with E-state index in [-0.39, 0.29) is 23.5 Å². The Hall–Kier alpha value is -1.12. The van der Waals surface area contributed by atoms with Gasteiger partial charge in [0, 0.05) is 12.3 Å². The number of carbonyl (C=O) groups excluding carboxylic acids is 1. The molecule has 1 unspecified atom stereocenters. The van der Waals surface area contributed by atoms with Crippen molar-refractivity contribution in [2.45, 2.75) is 19.3 Å².